The van der Waals surface area contributed by atoms with Gasteiger partial charge in [-0.15, -0.1) is 0 Å². The SMILES string of the molecule is O=C(c1cc(F)c(F)c(F)c1F)N1CCOC(c2ccn[nH]2)C1. The molecule has 1 aliphatic heterocycles. The van der Waals surface area contributed by atoms with Crippen LogP contribution < -0.4 is 0 Å². The van der Waals surface area contributed by atoms with E-state index in [9.17, 15) is 22.4 Å². The average Bonchev–Trinajstić information content (AvgIpc) is 3.10. The normalized spacial score (nSPS) is 18.3. The summed E-state index contributed by atoms with van der Waals surface area (Å²) in [5.74, 6) is -8.22. The van der Waals surface area contributed by atoms with Gasteiger partial charge in [-0.1, -0.05) is 0 Å². The Hall–Kier alpha value is -2.42. The first-order chi connectivity index (χ1) is 11.0. The first kappa shape index (κ1) is 15.5. The van der Waals surface area contributed by atoms with E-state index in [-0.39, 0.29) is 19.7 Å². The fourth-order valence-corrected chi connectivity index (χ4v) is 2.37. The molecule has 3 rings (SSSR count). The summed E-state index contributed by atoms with van der Waals surface area (Å²) in [6.45, 7) is 0.313. The second kappa shape index (κ2) is 5.99. The van der Waals surface area contributed by atoms with Crippen molar-refractivity contribution in [2.24, 2.45) is 0 Å². The predicted octanol–water partition coefficient (Wildman–Crippen LogP) is 2.18. The molecule has 1 amide bonds. The number of rotatable bonds is 2. The summed E-state index contributed by atoms with van der Waals surface area (Å²) in [5, 5.41) is 6.45. The van der Waals surface area contributed by atoms with Crippen molar-refractivity contribution >= 4 is 5.91 Å². The zero-order chi connectivity index (χ0) is 16.6. The van der Waals surface area contributed by atoms with Crippen LogP contribution in [-0.2, 0) is 4.74 Å². The number of ether oxygens (including phenoxy) is 1. The Kier molecular flexibility index (Phi) is 4.03. The number of nitrogens with zero attached hydrogens (tertiary/aromatic N) is 2. The number of morpholine rings is 1. The summed E-state index contributed by atoms with van der Waals surface area (Å²) in [4.78, 5) is 13.5. The summed E-state index contributed by atoms with van der Waals surface area (Å²) in [7, 11) is 0. The quantitative estimate of drug-likeness (QED) is 0.522. The molecule has 2 heterocycles. The van der Waals surface area contributed by atoms with Gasteiger partial charge in [0.25, 0.3) is 5.91 Å². The number of nitrogens with one attached hydrogen (secondary N) is 1. The van der Waals surface area contributed by atoms with Crippen LogP contribution in [0.3, 0.4) is 0 Å². The number of H-pyrrole nitrogens is 1. The minimum Gasteiger partial charge on any atom is -0.368 e. The highest BCUT2D eigenvalue weighted by atomic mass is 19.2. The third kappa shape index (κ3) is 2.79. The van der Waals surface area contributed by atoms with E-state index in [2.05, 4.69) is 10.2 Å². The van der Waals surface area contributed by atoms with Gasteiger partial charge in [0.1, 0.15) is 6.10 Å². The Morgan fingerprint density at radius 2 is 2.04 bits per heavy atom. The average molecular weight is 329 g/mol. The maximum Gasteiger partial charge on any atom is 0.257 e. The van der Waals surface area contributed by atoms with Crippen LogP contribution in [0.1, 0.15) is 22.2 Å². The summed E-state index contributed by atoms with van der Waals surface area (Å²) in [5.41, 5.74) is -0.244. The second-order valence-electron chi connectivity index (χ2n) is 4.97. The Morgan fingerprint density at radius 1 is 1.26 bits per heavy atom. The number of halogens is 4. The first-order valence-corrected chi connectivity index (χ1v) is 6.72. The Morgan fingerprint density at radius 3 is 2.74 bits per heavy atom. The van der Waals surface area contributed by atoms with Crippen LogP contribution in [0.25, 0.3) is 0 Å². The molecule has 1 aromatic heterocycles. The van der Waals surface area contributed by atoms with Gasteiger partial charge in [-0.05, 0) is 12.1 Å². The van der Waals surface area contributed by atoms with Gasteiger partial charge in [-0.3, -0.25) is 9.89 Å². The molecule has 9 heteroatoms. The number of hydrogen-bond acceptors (Lipinski definition) is 3. The third-order valence-electron chi connectivity index (χ3n) is 3.56. The molecule has 5 nitrogen and oxygen atoms in total. The molecule has 1 aromatic carbocycles. The van der Waals surface area contributed by atoms with E-state index in [0.29, 0.717) is 11.8 Å². The highest BCUT2D eigenvalue weighted by Gasteiger charge is 2.30. The second-order valence-corrected chi connectivity index (χ2v) is 4.97. The van der Waals surface area contributed by atoms with Crippen LogP contribution in [0.2, 0.25) is 0 Å². The number of hydrogen-bond donors (Lipinski definition) is 1. The summed E-state index contributed by atoms with van der Waals surface area (Å²) < 4.78 is 58.7. The highest BCUT2D eigenvalue weighted by molar-refractivity contribution is 5.94. The van der Waals surface area contributed by atoms with Gasteiger partial charge < -0.3 is 9.64 Å². The maximum atomic E-state index is 13.7. The molecule has 1 atom stereocenters. The molecular weight excluding hydrogens is 318 g/mol. The fourth-order valence-electron chi connectivity index (χ4n) is 2.37. The van der Waals surface area contributed by atoms with Gasteiger partial charge >= 0.3 is 0 Å². The van der Waals surface area contributed by atoms with E-state index in [0.717, 1.165) is 0 Å². The molecule has 0 saturated carbocycles. The predicted molar refractivity (Wildman–Crippen MR) is 69.5 cm³/mol. The first-order valence-electron chi connectivity index (χ1n) is 6.72. The number of aromatic amines is 1. The van der Waals surface area contributed by atoms with Crippen molar-refractivity contribution in [2.75, 3.05) is 19.7 Å². The standard InChI is InChI=1S/C14H11F4N3O2/c15-8-5-7(11(16)13(18)12(8)17)14(22)21-3-4-23-10(6-21)9-1-2-19-20-9/h1-2,5,10H,3-4,6H2,(H,19,20). The Bertz CT molecular complexity index is 736. The summed E-state index contributed by atoms with van der Waals surface area (Å²) >= 11 is 0. The van der Waals surface area contributed by atoms with Crippen LogP contribution in [0, 0.1) is 23.3 Å². The van der Waals surface area contributed by atoms with Crippen LogP contribution in [0.4, 0.5) is 17.6 Å². The van der Waals surface area contributed by atoms with E-state index in [1.165, 1.54) is 11.1 Å². The molecule has 0 aliphatic carbocycles. The lowest BCUT2D eigenvalue weighted by Gasteiger charge is -2.32. The Balaban J connectivity index is 1.86. The van der Waals surface area contributed by atoms with Crippen LogP contribution >= 0.6 is 0 Å². The largest absolute Gasteiger partial charge is 0.368 e. The molecule has 0 bridgehead atoms. The monoisotopic (exact) mass is 329 g/mol. The number of amides is 1. The maximum absolute atomic E-state index is 13.7. The van der Waals surface area contributed by atoms with Gasteiger partial charge in [-0.25, -0.2) is 17.6 Å². The topological polar surface area (TPSA) is 58.2 Å². The number of carbonyl (C=O) groups excluding carboxylic acids is 1. The Labute approximate surface area is 127 Å². The zero-order valence-corrected chi connectivity index (χ0v) is 11.7. The van der Waals surface area contributed by atoms with Crippen molar-refractivity contribution < 1.29 is 27.1 Å². The molecule has 1 unspecified atom stereocenters. The molecule has 122 valence electrons. The molecule has 2 aromatic rings. The highest BCUT2D eigenvalue weighted by Crippen LogP contribution is 2.24. The third-order valence-corrected chi connectivity index (χ3v) is 3.56. The van der Waals surface area contributed by atoms with Crippen molar-refractivity contribution in [3.05, 3.63) is 52.9 Å². The van der Waals surface area contributed by atoms with E-state index < -0.39 is 40.8 Å². The van der Waals surface area contributed by atoms with E-state index in [4.69, 9.17) is 4.74 Å². The number of benzene rings is 1. The minimum absolute atomic E-state index is 0.0427. The van der Waals surface area contributed by atoms with E-state index >= 15 is 0 Å². The molecule has 23 heavy (non-hydrogen) atoms. The van der Waals surface area contributed by atoms with Gasteiger partial charge in [0.2, 0.25) is 0 Å². The molecular formula is C14H11F4N3O2. The molecule has 1 aliphatic rings. The molecule has 1 saturated heterocycles. The lowest BCUT2D eigenvalue weighted by molar-refractivity contribution is -0.0249. The fraction of sp³-hybridized carbons (Fsp3) is 0.286. The van der Waals surface area contributed by atoms with Crippen molar-refractivity contribution in [1.82, 2.24) is 15.1 Å². The lowest BCUT2D eigenvalue weighted by Crippen LogP contribution is -2.42. The molecule has 0 spiro atoms. The molecule has 1 N–H and O–H groups in total. The summed E-state index contributed by atoms with van der Waals surface area (Å²) in [6, 6.07) is 2.01. The lowest BCUT2D eigenvalue weighted by atomic mass is 10.1. The van der Waals surface area contributed by atoms with Gasteiger partial charge in [-0.2, -0.15) is 5.10 Å². The van der Waals surface area contributed by atoms with Gasteiger partial charge in [0.15, 0.2) is 23.3 Å². The molecule has 1 fully saturated rings. The van der Waals surface area contributed by atoms with E-state index in [1.54, 1.807) is 6.07 Å². The van der Waals surface area contributed by atoms with E-state index in [1.807, 2.05) is 0 Å². The van der Waals surface area contributed by atoms with Crippen LogP contribution in [0.15, 0.2) is 18.3 Å². The minimum atomic E-state index is -2.01. The van der Waals surface area contributed by atoms with Crippen LogP contribution in [0.5, 0.6) is 0 Å². The summed E-state index contributed by atoms with van der Waals surface area (Å²) in [6.07, 6.45) is 0.984. The van der Waals surface area contributed by atoms with Gasteiger partial charge in [0.05, 0.1) is 24.4 Å². The van der Waals surface area contributed by atoms with Crippen molar-refractivity contribution in [3.8, 4) is 0 Å². The number of aromatic nitrogens is 2. The van der Waals surface area contributed by atoms with Crippen molar-refractivity contribution in [3.63, 3.8) is 0 Å². The number of carbonyl (C=O) groups is 1. The van der Waals surface area contributed by atoms with Gasteiger partial charge in [0, 0.05) is 12.7 Å². The van der Waals surface area contributed by atoms with Crippen LogP contribution in [-0.4, -0.2) is 40.7 Å². The smallest absolute Gasteiger partial charge is 0.257 e. The van der Waals surface area contributed by atoms with Crippen molar-refractivity contribution in [2.45, 2.75) is 6.10 Å². The van der Waals surface area contributed by atoms with Crippen molar-refractivity contribution in [1.29, 1.82) is 0 Å². The zero-order valence-electron chi connectivity index (χ0n) is 11.7. The molecule has 0 radical (unpaired) electrons.